The fraction of sp³-hybridized carbons (Fsp3) is 0.875. The fourth-order valence-corrected chi connectivity index (χ4v) is 3.13. The maximum absolute atomic E-state index is 11.8. The lowest BCUT2D eigenvalue weighted by Crippen LogP contribution is -2.40. The Balaban J connectivity index is 2.34. The molecule has 0 aromatic carbocycles. The van der Waals surface area contributed by atoms with E-state index in [4.69, 9.17) is 5.11 Å². The van der Waals surface area contributed by atoms with Gasteiger partial charge in [0.1, 0.15) is 0 Å². The largest absolute Gasteiger partial charge is 0.481 e. The Morgan fingerprint density at radius 1 is 1.10 bits per heavy atom. The molecule has 116 valence electrons. The summed E-state index contributed by atoms with van der Waals surface area (Å²) in [7, 11) is 0. The topological polar surface area (TPSA) is 66.4 Å². The Morgan fingerprint density at radius 2 is 1.80 bits per heavy atom. The lowest BCUT2D eigenvalue weighted by molar-refractivity contribution is -0.140. The summed E-state index contributed by atoms with van der Waals surface area (Å²) in [5, 5.41) is 12.1. The van der Waals surface area contributed by atoms with E-state index in [0.717, 1.165) is 38.5 Å². The van der Waals surface area contributed by atoms with Gasteiger partial charge in [-0.05, 0) is 24.7 Å². The number of unbranched alkanes of at least 4 members (excludes halogenated alkanes) is 3. The van der Waals surface area contributed by atoms with Crippen LogP contribution in [0.4, 0.5) is 0 Å². The Morgan fingerprint density at radius 3 is 2.40 bits per heavy atom. The average molecular weight is 283 g/mol. The Labute approximate surface area is 122 Å². The van der Waals surface area contributed by atoms with E-state index in [1.807, 2.05) is 0 Å². The van der Waals surface area contributed by atoms with Crippen molar-refractivity contribution in [3.63, 3.8) is 0 Å². The molecule has 0 heterocycles. The first-order valence-electron chi connectivity index (χ1n) is 8.06. The number of aliphatic carboxylic acids is 1. The molecular weight excluding hydrogens is 254 g/mol. The molecule has 1 fully saturated rings. The number of nitrogens with one attached hydrogen (secondary N) is 1. The van der Waals surface area contributed by atoms with Crippen molar-refractivity contribution in [3.8, 4) is 0 Å². The molecular formula is C16H29NO3. The van der Waals surface area contributed by atoms with Crippen LogP contribution in [0.1, 0.15) is 77.6 Å². The van der Waals surface area contributed by atoms with E-state index < -0.39 is 5.97 Å². The van der Waals surface area contributed by atoms with E-state index in [-0.39, 0.29) is 17.7 Å². The van der Waals surface area contributed by atoms with Crippen LogP contribution in [0.25, 0.3) is 0 Å². The molecule has 20 heavy (non-hydrogen) atoms. The molecule has 0 bridgehead atoms. The summed E-state index contributed by atoms with van der Waals surface area (Å²) in [4.78, 5) is 22.9. The number of hydrogen-bond acceptors (Lipinski definition) is 2. The zero-order valence-corrected chi connectivity index (χ0v) is 12.7. The van der Waals surface area contributed by atoms with Crippen LogP contribution in [0, 0.1) is 5.41 Å². The number of hydrogen-bond donors (Lipinski definition) is 2. The summed E-state index contributed by atoms with van der Waals surface area (Å²) >= 11 is 0. The molecule has 1 saturated carbocycles. The van der Waals surface area contributed by atoms with Crippen LogP contribution in [0.15, 0.2) is 0 Å². The van der Waals surface area contributed by atoms with E-state index in [9.17, 15) is 9.59 Å². The second-order valence-corrected chi connectivity index (χ2v) is 6.22. The number of carboxylic acids is 1. The van der Waals surface area contributed by atoms with Gasteiger partial charge in [0, 0.05) is 13.0 Å². The molecule has 1 aliphatic rings. The Hall–Kier alpha value is -1.06. The summed E-state index contributed by atoms with van der Waals surface area (Å²) in [6.45, 7) is 2.69. The van der Waals surface area contributed by atoms with E-state index in [1.165, 1.54) is 19.3 Å². The van der Waals surface area contributed by atoms with Crippen molar-refractivity contribution in [1.29, 1.82) is 0 Å². The average Bonchev–Trinajstić information content (AvgIpc) is 2.42. The molecule has 0 spiro atoms. The number of carbonyl (C=O) groups is 2. The number of carboxylic acid groups (broad SMARTS) is 1. The summed E-state index contributed by atoms with van der Waals surface area (Å²) in [6, 6.07) is 0. The van der Waals surface area contributed by atoms with Crippen molar-refractivity contribution in [3.05, 3.63) is 0 Å². The third-order valence-electron chi connectivity index (χ3n) is 4.36. The van der Waals surface area contributed by atoms with Gasteiger partial charge in [-0.15, -0.1) is 0 Å². The molecule has 2 N–H and O–H groups in total. The molecule has 1 amide bonds. The third kappa shape index (κ3) is 6.40. The zero-order chi connectivity index (χ0) is 14.8. The normalized spacial score (nSPS) is 17.6. The van der Waals surface area contributed by atoms with Gasteiger partial charge < -0.3 is 10.4 Å². The molecule has 0 aliphatic heterocycles. The smallest absolute Gasteiger partial charge is 0.303 e. The highest BCUT2D eigenvalue weighted by Gasteiger charge is 2.34. The standard InChI is InChI=1S/C16H29NO3/c1-2-3-4-6-9-14(18)17-13-16(12-15(19)20)10-7-5-8-11-16/h2-13H2,1H3,(H,17,18)(H,19,20). The van der Waals surface area contributed by atoms with E-state index >= 15 is 0 Å². The molecule has 0 unspecified atom stereocenters. The van der Waals surface area contributed by atoms with Crippen LogP contribution >= 0.6 is 0 Å². The minimum absolute atomic E-state index is 0.0800. The summed E-state index contributed by atoms with van der Waals surface area (Å²) < 4.78 is 0. The maximum atomic E-state index is 11.8. The first-order valence-corrected chi connectivity index (χ1v) is 8.06. The van der Waals surface area contributed by atoms with Gasteiger partial charge in [0.15, 0.2) is 0 Å². The van der Waals surface area contributed by atoms with Gasteiger partial charge in [0.25, 0.3) is 0 Å². The summed E-state index contributed by atoms with van der Waals surface area (Å²) in [5.41, 5.74) is -0.205. The second kappa shape index (κ2) is 8.98. The van der Waals surface area contributed by atoms with Gasteiger partial charge in [-0.3, -0.25) is 9.59 Å². The minimum atomic E-state index is -0.746. The van der Waals surface area contributed by atoms with E-state index in [1.54, 1.807) is 0 Å². The second-order valence-electron chi connectivity index (χ2n) is 6.22. The maximum Gasteiger partial charge on any atom is 0.303 e. The number of carbonyl (C=O) groups excluding carboxylic acids is 1. The van der Waals surface area contributed by atoms with Gasteiger partial charge >= 0.3 is 5.97 Å². The highest BCUT2D eigenvalue weighted by molar-refractivity contribution is 5.76. The number of amides is 1. The molecule has 1 aliphatic carbocycles. The zero-order valence-electron chi connectivity index (χ0n) is 12.7. The van der Waals surface area contributed by atoms with Crippen LogP contribution in [0.2, 0.25) is 0 Å². The lowest BCUT2D eigenvalue weighted by atomic mass is 9.71. The molecule has 0 saturated heterocycles. The van der Waals surface area contributed by atoms with Crippen molar-refractivity contribution >= 4 is 11.9 Å². The van der Waals surface area contributed by atoms with Gasteiger partial charge in [-0.1, -0.05) is 45.4 Å². The molecule has 0 atom stereocenters. The van der Waals surface area contributed by atoms with Crippen molar-refractivity contribution < 1.29 is 14.7 Å². The van der Waals surface area contributed by atoms with E-state index in [0.29, 0.717) is 13.0 Å². The van der Waals surface area contributed by atoms with Crippen molar-refractivity contribution in [2.24, 2.45) is 5.41 Å². The highest BCUT2D eigenvalue weighted by atomic mass is 16.4. The first-order chi connectivity index (χ1) is 9.58. The molecule has 0 aromatic heterocycles. The SMILES string of the molecule is CCCCCCC(=O)NCC1(CC(=O)O)CCCCC1. The van der Waals surface area contributed by atoms with Crippen LogP contribution in [0.3, 0.4) is 0 Å². The first kappa shape index (κ1) is 17.0. The third-order valence-corrected chi connectivity index (χ3v) is 4.36. The van der Waals surface area contributed by atoms with Crippen molar-refractivity contribution in [2.75, 3.05) is 6.54 Å². The summed E-state index contributed by atoms with van der Waals surface area (Å²) in [5.74, 6) is -0.666. The predicted molar refractivity (Wildman–Crippen MR) is 79.5 cm³/mol. The molecule has 0 radical (unpaired) electrons. The monoisotopic (exact) mass is 283 g/mol. The number of rotatable bonds is 9. The van der Waals surface area contributed by atoms with Gasteiger partial charge in [0.05, 0.1) is 6.42 Å². The minimum Gasteiger partial charge on any atom is -0.481 e. The highest BCUT2D eigenvalue weighted by Crippen LogP contribution is 2.38. The van der Waals surface area contributed by atoms with Gasteiger partial charge in [-0.25, -0.2) is 0 Å². The van der Waals surface area contributed by atoms with Crippen LogP contribution in [-0.2, 0) is 9.59 Å². The Bertz CT molecular complexity index is 309. The van der Waals surface area contributed by atoms with Crippen LogP contribution in [0.5, 0.6) is 0 Å². The fourth-order valence-electron chi connectivity index (χ4n) is 3.13. The molecule has 1 rings (SSSR count). The molecule has 0 aromatic rings. The predicted octanol–water partition coefficient (Wildman–Crippen LogP) is 3.50. The van der Waals surface area contributed by atoms with Crippen molar-refractivity contribution in [1.82, 2.24) is 5.32 Å². The van der Waals surface area contributed by atoms with Gasteiger partial charge in [0.2, 0.25) is 5.91 Å². The molecule has 4 heteroatoms. The van der Waals surface area contributed by atoms with Gasteiger partial charge in [-0.2, -0.15) is 0 Å². The van der Waals surface area contributed by atoms with Crippen LogP contribution in [-0.4, -0.2) is 23.5 Å². The van der Waals surface area contributed by atoms with Crippen LogP contribution < -0.4 is 5.32 Å². The molecule has 4 nitrogen and oxygen atoms in total. The quantitative estimate of drug-likeness (QED) is 0.636. The lowest BCUT2D eigenvalue weighted by Gasteiger charge is -2.36. The Kier molecular flexibility index (Phi) is 7.63. The van der Waals surface area contributed by atoms with Crippen molar-refractivity contribution in [2.45, 2.75) is 77.6 Å². The summed E-state index contributed by atoms with van der Waals surface area (Å²) in [6.07, 6.45) is 10.3. The van der Waals surface area contributed by atoms with E-state index in [2.05, 4.69) is 12.2 Å².